The highest BCUT2D eigenvalue weighted by Crippen LogP contribution is 2.33. The summed E-state index contributed by atoms with van der Waals surface area (Å²) in [5.41, 5.74) is 2.75. The van der Waals surface area contributed by atoms with Gasteiger partial charge in [0.1, 0.15) is 5.82 Å². The maximum Gasteiger partial charge on any atom is 0.300 e. The van der Waals surface area contributed by atoms with E-state index in [0.717, 1.165) is 86.9 Å². The lowest BCUT2D eigenvalue weighted by atomic mass is 9.76. The van der Waals surface area contributed by atoms with E-state index in [9.17, 15) is 5.11 Å². The zero-order valence-corrected chi connectivity index (χ0v) is 22.0. The maximum atomic E-state index is 11.0. The summed E-state index contributed by atoms with van der Waals surface area (Å²) in [4.78, 5) is 25.4. The van der Waals surface area contributed by atoms with Crippen molar-refractivity contribution in [3.63, 3.8) is 0 Å². The summed E-state index contributed by atoms with van der Waals surface area (Å²) in [5.74, 6) is -0.327. The predicted octanol–water partition coefficient (Wildman–Crippen LogP) is 3.47. The highest BCUT2D eigenvalue weighted by molar-refractivity contribution is 6.31. The lowest BCUT2D eigenvalue weighted by Gasteiger charge is -2.47. The number of likely N-dealkylation sites (tertiary alicyclic amines) is 1. The molecule has 0 bridgehead atoms. The Morgan fingerprint density at radius 2 is 1.70 bits per heavy atom. The zero-order valence-electron chi connectivity index (χ0n) is 21.2. The number of imidazole rings is 1. The molecule has 2 aromatic carbocycles. The van der Waals surface area contributed by atoms with Crippen LogP contribution in [0.15, 0.2) is 48.5 Å². The van der Waals surface area contributed by atoms with E-state index in [0.29, 0.717) is 6.54 Å². The molecule has 5 rings (SSSR count). The van der Waals surface area contributed by atoms with Gasteiger partial charge in [-0.15, -0.1) is 0 Å². The highest BCUT2D eigenvalue weighted by Gasteiger charge is 2.42. The lowest BCUT2D eigenvalue weighted by molar-refractivity contribution is -0.135. The van der Waals surface area contributed by atoms with Gasteiger partial charge in [-0.05, 0) is 43.1 Å². The van der Waals surface area contributed by atoms with Gasteiger partial charge < -0.3 is 25.2 Å². The van der Waals surface area contributed by atoms with E-state index in [1.165, 1.54) is 0 Å². The van der Waals surface area contributed by atoms with Gasteiger partial charge in [-0.25, -0.2) is 4.98 Å². The number of fused-ring (bicyclic) bond motifs is 2. The monoisotopic (exact) mass is 530 g/mol. The van der Waals surface area contributed by atoms with Gasteiger partial charge in [-0.1, -0.05) is 41.9 Å². The minimum atomic E-state index is -0.833. The summed E-state index contributed by atoms with van der Waals surface area (Å²) in [6.07, 6.45) is 1.70. The largest absolute Gasteiger partial charge is 0.481 e. The van der Waals surface area contributed by atoms with Crippen molar-refractivity contribution >= 4 is 34.6 Å². The molecular formula is C27H35ClN4O5. The average molecular weight is 531 g/mol. The summed E-state index contributed by atoms with van der Waals surface area (Å²) in [6.45, 7) is 7.27. The van der Waals surface area contributed by atoms with Gasteiger partial charge in [0.2, 0.25) is 0 Å². The number of aromatic nitrogens is 2. The van der Waals surface area contributed by atoms with E-state index in [1.807, 2.05) is 24.3 Å². The van der Waals surface area contributed by atoms with Crippen molar-refractivity contribution in [3.8, 4) is 0 Å². The molecule has 2 aliphatic heterocycles. The highest BCUT2D eigenvalue weighted by atomic mass is 35.5. The van der Waals surface area contributed by atoms with Gasteiger partial charge in [0, 0.05) is 44.4 Å². The van der Waals surface area contributed by atoms with Gasteiger partial charge in [0.25, 0.3) is 11.9 Å². The molecular weight excluding hydrogens is 496 g/mol. The van der Waals surface area contributed by atoms with Crippen LogP contribution in [0.3, 0.4) is 0 Å². The van der Waals surface area contributed by atoms with Crippen LogP contribution in [0, 0.1) is 5.92 Å². The first-order valence-electron chi connectivity index (χ1n) is 12.3. The summed E-state index contributed by atoms with van der Waals surface area (Å²) < 4.78 is 2.29. The number of carboxylic acid groups (broad SMARTS) is 2. The Morgan fingerprint density at radius 3 is 2.41 bits per heavy atom. The molecule has 3 aromatic rings. The molecule has 0 amide bonds. The number of halogens is 1. The smallest absolute Gasteiger partial charge is 0.300 e. The normalized spacial score (nSPS) is 21.1. The number of hydrogen-bond donors (Lipinski definition) is 4. The van der Waals surface area contributed by atoms with Crippen LogP contribution in [-0.2, 0) is 22.7 Å². The number of carbonyl (C=O) groups is 2. The fourth-order valence-electron chi connectivity index (χ4n) is 4.86. The molecule has 2 saturated heterocycles. The molecule has 2 fully saturated rings. The van der Waals surface area contributed by atoms with Crippen molar-refractivity contribution in [3.05, 3.63) is 64.9 Å². The number of nitrogens with one attached hydrogen (secondary N) is 1. The quantitative estimate of drug-likeness (QED) is 0.404. The summed E-state index contributed by atoms with van der Waals surface area (Å²) in [6, 6.07) is 16.3. The van der Waals surface area contributed by atoms with E-state index in [2.05, 4.69) is 39.0 Å². The second-order valence-electron chi connectivity index (χ2n) is 9.47. The minimum Gasteiger partial charge on any atom is -0.481 e. The van der Waals surface area contributed by atoms with Crippen LogP contribution in [0.25, 0.3) is 11.0 Å². The predicted molar refractivity (Wildman–Crippen MR) is 143 cm³/mol. The molecule has 0 saturated carbocycles. The molecule has 4 N–H and O–H groups in total. The van der Waals surface area contributed by atoms with Gasteiger partial charge >= 0.3 is 0 Å². The first-order valence-corrected chi connectivity index (χ1v) is 12.7. The number of hydrogen-bond acceptors (Lipinski definition) is 6. The van der Waals surface area contributed by atoms with Crippen molar-refractivity contribution in [2.45, 2.75) is 45.4 Å². The summed E-state index contributed by atoms with van der Waals surface area (Å²) >= 11 is 6.45. The zero-order chi connectivity index (χ0) is 27.0. The Balaban J connectivity index is 0.000000420. The van der Waals surface area contributed by atoms with E-state index < -0.39 is 17.5 Å². The first-order chi connectivity index (χ1) is 17.6. The number of carboxylic acids is 2. The van der Waals surface area contributed by atoms with E-state index in [1.54, 1.807) is 0 Å². The fraction of sp³-hybridized carbons (Fsp3) is 0.444. The Labute approximate surface area is 221 Å². The molecule has 200 valence electrons. The van der Waals surface area contributed by atoms with Crippen LogP contribution in [0.4, 0.5) is 0 Å². The van der Waals surface area contributed by atoms with Crippen LogP contribution in [0.5, 0.6) is 0 Å². The molecule has 0 radical (unpaired) electrons. The third-order valence-corrected chi connectivity index (χ3v) is 6.98. The SMILES string of the molecule is CC(=O)O.CC(=O)O.O[C@]12CCNC[C@H]1CN(Cc1nc3ccccc3n1Cc1ccccc1Cl)CC2. The van der Waals surface area contributed by atoms with Crippen LogP contribution < -0.4 is 5.32 Å². The average Bonchev–Trinajstić information content (AvgIpc) is 3.17. The van der Waals surface area contributed by atoms with Crippen molar-refractivity contribution in [1.29, 1.82) is 0 Å². The number of aliphatic carboxylic acids is 2. The molecule has 1 aromatic heterocycles. The van der Waals surface area contributed by atoms with Crippen LogP contribution in [-0.4, -0.2) is 73.5 Å². The van der Waals surface area contributed by atoms with Gasteiger partial charge in [0.15, 0.2) is 0 Å². The Kier molecular flexibility index (Phi) is 10.0. The Morgan fingerprint density at radius 1 is 1.05 bits per heavy atom. The van der Waals surface area contributed by atoms with E-state index >= 15 is 0 Å². The second-order valence-corrected chi connectivity index (χ2v) is 9.88. The van der Waals surface area contributed by atoms with Gasteiger partial charge in [-0.2, -0.15) is 0 Å². The number of aliphatic hydroxyl groups is 1. The van der Waals surface area contributed by atoms with Gasteiger partial charge in [-0.3, -0.25) is 14.5 Å². The number of nitrogens with zero attached hydrogens (tertiary/aromatic N) is 3. The van der Waals surface area contributed by atoms with Crippen molar-refractivity contribution in [1.82, 2.24) is 19.8 Å². The third-order valence-electron chi connectivity index (χ3n) is 6.61. The second kappa shape index (κ2) is 13.0. The Hall–Kier alpha value is -2.98. The Bertz CT molecular complexity index is 1200. The van der Waals surface area contributed by atoms with Crippen molar-refractivity contribution in [2.24, 2.45) is 5.92 Å². The molecule has 9 nitrogen and oxygen atoms in total. The van der Waals surface area contributed by atoms with Crippen LogP contribution >= 0.6 is 11.6 Å². The molecule has 0 unspecified atom stereocenters. The minimum absolute atomic E-state index is 0.284. The number of piperidine rings is 2. The molecule has 0 spiro atoms. The maximum absolute atomic E-state index is 11.0. The summed E-state index contributed by atoms with van der Waals surface area (Å²) in [7, 11) is 0. The molecule has 2 atom stereocenters. The molecule has 37 heavy (non-hydrogen) atoms. The first kappa shape index (κ1) is 28.6. The topological polar surface area (TPSA) is 128 Å². The summed E-state index contributed by atoms with van der Waals surface area (Å²) in [5, 5.41) is 30.0. The third kappa shape index (κ3) is 8.00. The van der Waals surface area contributed by atoms with Crippen molar-refractivity contribution in [2.75, 3.05) is 26.2 Å². The van der Waals surface area contributed by atoms with Crippen LogP contribution in [0.2, 0.25) is 5.02 Å². The number of rotatable bonds is 4. The molecule has 2 aliphatic rings. The molecule has 0 aliphatic carbocycles. The van der Waals surface area contributed by atoms with E-state index in [-0.39, 0.29) is 5.92 Å². The van der Waals surface area contributed by atoms with E-state index in [4.69, 9.17) is 36.4 Å². The number of benzene rings is 2. The van der Waals surface area contributed by atoms with Crippen molar-refractivity contribution < 1.29 is 24.9 Å². The molecule has 10 heteroatoms. The lowest BCUT2D eigenvalue weighted by Crippen LogP contribution is -2.58. The number of para-hydroxylation sites is 2. The van der Waals surface area contributed by atoms with Crippen LogP contribution in [0.1, 0.15) is 38.1 Å². The standard InChI is InChI=1S/C23H27ClN4O.2C2H4O2/c24-19-6-2-1-5-17(19)14-28-21-8-4-3-7-20(21)26-22(28)16-27-12-10-23(29)9-11-25-13-18(23)15-27;2*1-2(3)4/h1-8,18,25,29H,9-16H2;2*1H3,(H,3,4)/t18-,23-;;/m0../s1. The fourth-order valence-corrected chi connectivity index (χ4v) is 5.05. The van der Waals surface area contributed by atoms with Gasteiger partial charge in [0.05, 0.1) is 29.7 Å². The molecule has 3 heterocycles.